The van der Waals surface area contributed by atoms with Crippen molar-refractivity contribution in [3.63, 3.8) is 0 Å². The fourth-order valence-electron chi connectivity index (χ4n) is 3.48. The van der Waals surface area contributed by atoms with Gasteiger partial charge in [0, 0.05) is 12.6 Å². The van der Waals surface area contributed by atoms with E-state index in [1.165, 1.54) is 19.2 Å². The first-order valence-electron chi connectivity index (χ1n) is 11.4. The molecule has 0 aliphatic heterocycles. The number of carbonyl (C=O) groups is 1. The third-order valence-electron chi connectivity index (χ3n) is 5.64. The zero-order chi connectivity index (χ0) is 27.2. The molecule has 3 aromatic carbocycles. The molecule has 0 bridgehead atoms. The van der Waals surface area contributed by atoms with E-state index in [-0.39, 0.29) is 24.4 Å². The summed E-state index contributed by atoms with van der Waals surface area (Å²) in [5.41, 5.74) is -0.0454. The van der Waals surface area contributed by atoms with Gasteiger partial charge in [0.15, 0.2) is 0 Å². The molecule has 0 saturated heterocycles. The van der Waals surface area contributed by atoms with Crippen molar-refractivity contribution in [2.24, 2.45) is 0 Å². The maximum Gasteiger partial charge on any atom is 0.416 e. The molecule has 0 unspecified atom stereocenters. The lowest BCUT2D eigenvalue weighted by atomic mass is 10.1. The number of nitrogens with one attached hydrogen (secondary N) is 1. The van der Waals surface area contributed by atoms with Crippen LogP contribution in [-0.2, 0) is 22.8 Å². The average Bonchev–Trinajstić information content (AvgIpc) is 2.86. The molecule has 198 valence electrons. The van der Waals surface area contributed by atoms with E-state index in [1.807, 2.05) is 13.8 Å². The zero-order valence-corrected chi connectivity index (χ0v) is 21.3. The summed E-state index contributed by atoms with van der Waals surface area (Å²) in [5.74, 6) is 0.402. The van der Waals surface area contributed by atoms with E-state index in [0.717, 1.165) is 18.2 Å². The predicted octanol–water partition coefficient (Wildman–Crippen LogP) is 6.31. The molecule has 0 spiro atoms. The number of nitrogens with zero attached hydrogens (tertiary/aromatic N) is 1. The molecule has 0 aliphatic rings. The third-order valence-corrected chi connectivity index (χ3v) is 6.88. The highest BCUT2D eigenvalue weighted by Crippen LogP contribution is 2.31. The first kappa shape index (κ1) is 27.9. The minimum Gasteiger partial charge on any atom is -0.495 e. The molecule has 0 heterocycles. The first-order valence-corrected chi connectivity index (χ1v) is 12.8. The van der Waals surface area contributed by atoms with Crippen LogP contribution in [-0.4, -0.2) is 32.5 Å². The lowest BCUT2D eigenvalue weighted by Gasteiger charge is -2.29. The molecule has 0 radical (unpaired) electrons. The van der Waals surface area contributed by atoms with Crippen LogP contribution in [0, 0.1) is 0 Å². The number of ether oxygens (including phenoxy) is 1. The number of hydrogen-bond acceptors (Lipinski definition) is 5. The van der Waals surface area contributed by atoms with E-state index < -0.39 is 26.8 Å². The summed E-state index contributed by atoms with van der Waals surface area (Å²) in [6, 6.07) is 15.8. The zero-order valence-electron chi connectivity index (χ0n) is 20.5. The molecule has 0 aromatic heterocycles. The molecule has 0 aliphatic carbocycles. The Morgan fingerprint density at radius 3 is 2.41 bits per heavy atom. The lowest BCUT2D eigenvalue weighted by molar-refractivity contribution is -0.137. The maximum atomic E-state index is 13.1. The molecule has 1 N–H and O–H groups in total. The van der Waals surface area contributed by atoms with Gasteiger partial charge in [-0.3, -0.25) is 0 Å². The highest BCUT2D eigenvalue weighted by molar-refractivity contribution is 7.87. The van der Waals surface area contributed by atoms with Crippen molar-refractivity contribution in [1.82, 2.24) is 4.90 Å². The number of carbonyl (C=O) groups excluding carboxylic acids is 1. The Balaban J connectivity index is 1.81. The van der Waals surface area contributed by atoms with Crippen molar-refractivity contribution in [3.8, 4) is 11.5 Å². The van der Waals surface area contributed by atoms with Crippen molar-refractivity contribution < 1.29 is 35.3 Å². The second-order valence-electron chi connectivity index (χ2n) is 8.23. The van der Waals surface area contributed by atoms with Crippen LogP contribution in [0.15, 0.2) is 77.7 Å². The van der Waals surface area contributed by atoms with Gasteiger partial charge in [-0.25, -0.2) is 4.79 Å². The maximum absolute atomic E-state index is 13.1. The highest BCUT2D eigenvalue weighted by atomic mass is 32.2. The van der Waals surface area contributed by atoms with Gasteiger partial charge in [0.25, 0.3) is 0 Å². The number of urea groups is 1. The van der Waals surface area contributed by atoms with Gasteiger partial charge >= 0.3 is 22.3 Å². The Morgan fingerprint density at radius 1 is 1.03 bits per heavy atom. The van der Waals surface area contributed by atoms with Crippen LogP contribution in [0.2, 0.25) is 0 Å². The highest BCUT2D eigenvalue weighted by Gasteiger charge is 2.32. The molecule has 11 heteroatoms. The topological polar surface area (TPSA) is 84.9 Å². The number of rotatable bonds is 9. The van der Waals surface area contributed by atoms with Crippen LogP contribution >= 0.6 is 0 Å². The van der Waals surface area contributed by atoms with E-state index in [4.69, 9.17) is 8.92 Å². The molecule has 0 saturated carbocycles. The van der Waals surface area contributed by atoms with Crippen molar-refractivity contribution >= 4 is 21.8 Å². The Morgan fingerprint density at radius 2 is 1.73 bits per heavy atom. The Kier molecular flexibility index (Phi) is 8.69. The third kappa shape index (κ3) is 7.16. The smallest absolute Gasteiger partial charge is 0.416 e. The first-order chi connectivity index (χ1) is 17.4. The summed E-state index contributed by atoms with van der Waals surface area (Å²) in [7, 11) is -3.04. The number of benzene rings is 3. The molecule has 2 amide bonds. The summed E-state index contributed by atoms with van der Waals surface area (Å²) < 4.78 is 74.8. The van der Waals surface area contributed by atoms with E-state index in [2.05, 4.69) is 5.32 Å². The quantitative estimate of drug-likeness (QED) is 0.324. The van der Waals surface area contributed by atoms with E-state index >= 15 is 0 Å². The number of halogens is 3. The van der Waals surface area contributed by atoms with E-state index in [0.29, 0.717) is 29.5 Å². The summed E-state index contributed by atoms with van der Waals surface area (Å²) in [6.07, 6.45) is -4.05. The van der Waals surface area contributed by atoms with Gasteiger partial charge < -0.3 is 19.1 Å². The minimum atomic E-state index is -4.70. The monoisotopic (exact) mass is 536 g/mol. The van der Waals surface area contributed by atoms with Crippen LogP contribution in [0.1, 0.15) is 31.4 Å². The summed E-state index contributed by atoms with van der Waals surface area (Å²) in [6.45, 7) is 3.92. The minimum absolute atomic E-state index is 0.0934. The molecule has 7 nitrogen and oxygen atoms in total. The normalized spacial score (nSPS) is 12.5. The number of methoxy groups -OCH3 is 1. The van der Waals surface area contributed by atoms with Crippen molar-refractivity contribution in [3.05, 3.63) is 83.9 Å². The van der Waals surface area contributed by atoms with Gasteiger partial charge in [0.1, 0.15) is 16.4 Å². The predicted molar refractivity (Wildman–Crippen MR) is 133 cm³/mol. The van der Waals surface area contributed by atoms with Crippen LogP contribution in [0.4, 0.5) is 23.7 Å². The van der Waals surface area contributed by atoms with Crippen LogP contribution in [0.5, 0.6) is 11.5 Å². The fraction of sp³-hybridized carbons (Fsp3) is 0.269. The van der Waals surface area contributed by atoms with Gasteiger partial charge in [-0.1, -0.05) is 37.3 Å². The van der Waals surface area contributed by atoms with E-state index in [9.17, 15) is 26.4 Å². The standard InChI is InChI=1S/C26H27F3N2O5S/c1-4-18(2)31(25(32)30-23-13-5-6-14-24(23)35-3)17-19-9-7-11-21(15-19)36-37(33,34)22-12-8-10-20(16-22)26(27,28)29/h5-16,18H,4,17H2,1-3H3,(H,30,32)/t18-/m1/s1. The van der Waals surface area contributed by atoms with Crippen LogP contribution in [0.25, 0.3) is 0 Å². The second kappa shape index (κ2) is 11.5. The van der Waals surface area contributed by atoms with Crippen molar-refractivity contribution in [1.29, 1.82) is 0 Å². The molecular formula is C26H27F3N2O5S. The molecule has 0 fully saturated rings. The van der Waals surface area contributed by atoms with Gasteiger partial charge in [0.2, 0.25) is 0 Å². The van der Waals surface area contributed by atoms with Gasteiger partial charge in [-0.15, -0.1) is 0 Å². The molecule has 37 heavy (non-hydrogen) atoms. The molecule has 3 aromatic rings. The van der Waals surface area contributed by atoms with Crippen LogP contribution < -0.4 is 14.2 Å². The number of amides is 2. The van der Waals surface area contributed by atoms with Gasteiger partial charge in [0.05, 0.1) is 18.4 Å². The van der Waals surface area contributed by atoms with Gasteiger partial charge in [-0.2, -0.15) is 21.6 Å². The summed E-state index contributed by atoms with van der Waals surface area (Å²) in [4.78, 5) is 14.1. The van der Waals surface area contributed by atoms with Crippen molar-refractivity contribution in [2.75, 3.05) is 12.4 Å². The van der Waals surface area contributed by atoms with Crippen LogP contribution in [0.3, 0.4) is 0 Å². The molecule has 3 rings (SSSR count). The Bertz CT molecular complexity index is 1350. The average molecular weight is 537 g/mol. The van der Waals surface area contributed by atoms with E-state index in [1.54, 1.807) is 41.3 Å². The number of para-hydroxylation sites is 2. The lowest BCUT2D eigenvalue weighted by Crippen LogP contribution is -2.40. The molecular weight excluding hydrogens is 509 g/mol. The largest absolute Gasteiger partial charge is 0.495 e. The second-order valence-corrected chi connectivity index (χ2v) is 9.77. The number of anilines is 1. The number of alkyl halides is 3. The Hall–Kier alpha value is -3.73. The molecule has 1 atom stereocenters. The van der Waals surface area contributed by atoms with Gasteiger partial charge in [-0.05, 0) is 61.4 Å². The fourth-order valence-corrected chi connectivity index (χ4v) is 4.45. The number of hydrogen-bond donors (Lipinski definition) is 1. The SMILES string of the molecule is CC[C@@H](C)N(Cc1cccc(OS(=O)(=O)c2cccc(C(F)(F)F)c2)c1)C(=O)Nc1ccccc1OC. The van der Waals surface area contributed by atoms with Crippen molar-refractivity contribution in [2.45, 2.75) is 43.9 Å². The summed E-state index contributed by atoms with van der Waals surface area (Å²) in [5, 5.41) is 2.83. The Labute approximate surface area is 213 Å². The summed E-state index contributed by atoms with van der Waals surface area (Å²) >= 11 is 0.